The molecule has 6 nitrogen and oxygen atoms in total. The number of benzene rings is 2. The van der Waals surface area contributed by atoms with Gasteiger partial charge in [-0.05, 0) is 49.9 Å². The van der Waals surface area contributed by atoms with Gasteiger partial charge in [0.15, 0.2) is 0 Å². The van der Waals surface area contributed by atoms with Gasteiger partial charge in [0.05, 0.1) is 12.7 Å². The molecule has 2 fully saturated rings. The summed E-state index contributed by atoms with van der Waals surface area (Å²) < 4.78 is 5.37. The number of amides is 2. The molecule has 2 aliphatic heterocycles. The van der Waals surface area contributed by atoms with E-state index in [1.807, 2.05) is 4.90 Å². The molecular formula is C26H32ClN3O3. The first-order valence-corrected chi connectivity index (χ1v) is 12.1. The summed E-state index contributed by atoms with van der Waals surface area (Å²) in [5.74, 6) is 0.337. The van der Waals surface area contributed by atoms with Gasteiger partial charge in [0.25, 0.3) is 5.91 Å². The van der Waals surface area contributed by atoms with E-state index in [0.29, 0.717) is 35.8 Å². The fourth-order valence-electron chi connectivity index (χ4n) is 4.78. The molecule has 2 aliphatic rings. The molecule has 0 N–H and O–H groups in total. The third-order valence-electron chi connectivity index (χ3n) is 6.62. The first kappa shape index (κ1) is 23.6. The maximum atomic E-state index is 13.5. The number of hydrogen-bond acceptors (Lipinski definition) is 4. The number of likely N-dealkylation sites (tertiary alicyclic amines) is 1. The lowest BCUT2D eigenvalue weighted by Crippen LogP contribution is -2.48. The number of carbonyl (C=O) groups excluding carboxylic acids is 2. The van der Waals surface area contributed by atoms with Crippen molar-refractivity contribution in [2.45, 2.75) is 38.8 Å². The van der Waals surface area contributed by atoms with Crippen LogP contribution in [0.3, 0.4) is 0 Å². The Labute approximate surface area is 201 Å². The fraction of sp³-hybridized carbons (Fsp3) is 0.462. The van der Waals surface area contributed by atoms with E-state index in [0.717, 1.165) is 39.0 Å². The standard InChI is InChI=1S/C26H32ClN3O3/c1-19-6-8-20(9-7-19)18-28-12-4-13-29(16-15-28)26(32)23-5-3-14-30(23)25(31)22-17-21(27)10-11-24(22)33-2/h6-11,17,23H,3-5,12-16,18H2,1-2H3. The summed E-state index contributed by atoms with van der Waals surface area (Å²) in [4.78, 5) is 32.9. The van der Waals surface area contributed by atoms with Crippen LogP contribution in [-0.2, 0) is 11.3 Å². The highest BCUT2D eigenvalue weighted by atomic mass is 35.5. The highest BCUT2D eigenvalue weighted by molar-refractivity contribution is 6.31. The maximum Gasteiger partial charge on any atom is 0.258 e. The highest BCUT2D eigenvalue weighted by Gasteiger charge is 2.38. The molecule has 2 aromatic carbocycles. The van der Waals surface area contributed by atoms with Gasteiger partial charge in [-0.15, -0.1) is 0 Å². The zero-order valence-corrected chi connectivity index (χ0v) is 20.2. The molecule has 0 radical (unpaired) electrons. The topological polar surface area (TPSA) is 53.1 Å². The molecule has 0 spiro atoms. The summed E-state index contributed by atoms with van der Waals surface area (Å²) in [7, 11) is 1.53. The van der Waals surface area contributed by atoms with Crippen molar-refractivity contribution >= 4 is 23.4 Å². The van der Waals surface area contributed by atoms with Crippen molar-refractivity contribution in [1.82, 2.24) is 14.7 Å². The Hall–Kier alpha value is -2.57. The minimum Gasteiger partial charge on any atom is -0.496 e. The van der Waals surface area contributed by atoms with E-state index in [-0.39, 0.29) is 11.8 Å². The molecule has 2 aromatic rings. The Morgan fingerprint density at radius 2 is 1.79 bits per heavy atom. The zero-order valence-electron chi connectivity index (χ0n) is 19.4. The van der Waals surface area contributed by atoms with Crippen LogP contribution in [0.1, 0.15) is 40.7 Å². The molecule has 33 heavy (non-hydrogen) atoms. The summed E-state index contributed by atoms with van der Waals surface area (Å²) in [6.07, 6.45) is 2.44. The van der Waals surface area contributed by atoms with E-state index in [9.17, 15) is 9.59 Å². The van der Waals surface area contributed by atoms with Gasteiger partial charge in [0, 0.05) is 44.3 Å². The summed E-state index contributed by atoms with van der Waals surface area (Å²) in [6.45, 7) is 6.76. The summed E-state index contributed by atoms with van der Waals surface area (Å²) in [5, 5.41) is 0.474. The van der Waals surface area contributed by atoms with Crippen molar-refractivity contribution < 1.29 is 14.3 Å². The van der Waals surface area contributed by atoms with E-state index in [1.165, 1.54) is 18.2 Å². The van der Waals surface area contributed by atoms with Crippen LogP contribution >= 0.6 is 11.6 Å². The van der Waals surface area contributed by atoms with Crippen molar-refractivity contribution in [2.75, 3.05) is 39.8 Å². The highest BCUT2D eigenvalue weighted by Crippen LogP contribution is 2.28. The second-order valence-electron chi connectivity index (χ2n) is 8.94. The summed E-state index contributed by atoms with van der Waals surface area (Å²) in [5.41, 5.74) is 2.96. The van der Waals surface area contributed by atoms with Crippen LogP contribution in [0.5, 0.6) is 5.75 Å². The molecule has 1 unspecified atom stereocenters. The molecule has 2 saturated heterocycles. The summed E-state index contributed by atoms with van der Waals surface area (Å²) in [6, 6.07) is 13.2. The Morgan fingerprint density at radius 3 is 2.55 bits per heavy atom. The van der Waals surface area contributed by atoms with E-state index >= 15 is 0 Å². The van der Waals surface area contributed by atoms with Gasteiger partial charge in [0.2, 0.25) is 5.91 Å². The largest absolute Gasteiger partial charge is 0.496 e. The third kappa shape index (κ3) is 5.50. The lowest BCUT2D eigenvalue weighted by Gasteiger charge is -2.30. The number of aryl methyl sites for hydroxylation is 1. The number of carbonyl (C=O) groups is 2. The lowest BCUT2D eigenvalue weighted by atomic mass is 10.1. The van der Waals surface area contributed by atoms with Crippen LogP contribution in [-0.4, -0.2) is 72.4 Å². The van der Waals surface area contributed by atoms with Gasteiger partial charge in [-0.1, -0.05) is 41.4 Å². The number of methoxy groups -OCH3 is 1. The van der Waals surface area contributed by atoms with Gasteiger partial charge >= 0.3 is 0 Å². The van der Waals surface area contributed by atoms with Crippen molar-refractivity contribution in [3.63, 3.8) is 0 Å². The van der Waals surface area contributed by atoms with Gasteiger partial charge in [-0.2, -0.15) is 0 Å². The van der Waals surface area contributed by atoms with Crippen LogP contribution in [0.2, 0.25) is 5.02 Å². The van der Waals surface area contributed by atoms with Crippen LogP contribution in [0.25, 0.3) is 0 Å². The molecule has 4 rings (SSSR count). The van der Waals surface area contributed by atoms with E-state index < -0.39 is 6.04 Å². The van der Waals surface area contributed by atoms with E-state index in [1.54, 1.807) is 23.1 Å². The molecule has 7 heteroatoms. The lowest BCUT2D eigenvalue weighted by molar-refractivity contribution is -0.135. The zero-order chi connectivity index (χ0) is 23.4. The normalized spacial score (nSPS) is 19.4. The quantitative estimate of drug-likeness (QED) is 0.664. The first-order chi connectivity index (χ1) is 16.0. The maximum absolute atomic E-state index is 13.5. The van der Waals surface area contributed by atoms with Gasteiger partial charge < -0.3 is 14.5 Å². The Morgan fingerprint density at radius 1 is 1.00 bits per heavy atom. The van der Waals surface area contributed by atoms with Crippen molar-refractivity contribution in [2.24, 2.45) is 0 Å². The molecule has 0 aliphatic carbocycles. The van der Waals surface area contributed by atoms with Crippen LogP contribution in [0, 0.1) is 6.92 Å². The Bertz CT molecular complexity index is 995. The van der Waals surface area contributed by atoms with Crippen LogP contribution in [0.15, 0.2) is 42.5 Å². The number of nitrogens with zero attached hydrogens (tertiary/aromatic N) is 3. The number of halogens is 1. The van der Waals surface area contributed by atoms with Crippen molar-refractivity contribution in [1.29, 1.82) is 0 Å². The van der Waals surface area contributed by atoms with Crippen LogP contribution in [0.4, 0.5) is 0 Å². The summed E-state index contributed by atoms with van der Waals surface area (Å²) >= 11 is 6.14. The molecule has 0 saturated carbocycles. The van der Waals surface area contributed by atoms with Gasteiger partial charge in [-0.25, -0.2) is 0 Å². The monoisotopic (exact) mass is 469 g/mol. The second kappa shape index (κ2) is 10.6. The SMILES string of the molecule is COc1ccc(Cl)cc1C(=O)N1CCCC1C(=O)N1CCCN(Cc2ccc(C)cc2)CC1. The predicted octanol–water partition coefficient (Wildman–Crippen LogP) is 4.00. The van der Waals surface area contributed by atoms with Crippen molar-refractivity contribution in [3.05, 3.63) is 64.2 Å². The smallest absolute Gasteiger partial charge is 0.258 e. The third-order valence-corrected chi connectivity index (χ3v) is 6.85. The first-order valence-electron chi connectivity index (χ1n) is 11.7. The molecule has 2 heterocycles. The average Bonchev–Trinajstić information content (AvgIpc) is 3.20. The van der Waals surface area contributed by atoms with Crippen molar-refractivity contribution in [3.8, 4) is 5.75 Å². The molecule has 0 bridgehead atoms. The minimum absolute atomic E-state index is 0.0547. The Balaban J connectivity index is 1.41. The fourth-order valence-corrected chi connectivity index (χ4v) is 4.95. The van der Waals surface area contributed by atoms with E-state index in [4.69, 9.17) is 16.3 Å². The van der Waals surface area contributed by atoms with E-state index in [2.05, 4.69) is 36.1 Å². The number of hydrogen-bond donors (Lipinski definition) is 0. The predicted molar refractivity (Wildman–Crippen MR) is 130 cm³/mol. The molecular weight excluding hydrogens is 438 g/mol. The second-order valence-corrected chi connectivity index (χ2v) is 9.38. The average molecular weight is 470 g/mol. The molecule has 2 amide bonds. The number of rotatable bonds is 5. The minimum atomic E-state index is -0.426. The molecule has 1 atom stereocenters. The molecule has 176 valence electrons. The van der Waals surface area contributed by atoms with Gasteiger partial charge in [-0.3, -0.25) is 14.5 Å². The molecule has 0 aromatic heterocycles. The number of ether oxygens (including phenoxy) is 1. The Kier molecular flexibility index (Phi) is 7.56. The van der Waals surface area contributed by atoms with Crippen LogP contribution < -0.4 is 4.74 Å². The van der Waals surface area contributed by atoms with Gasteiger partial charge in [0.1, 0.15) is 11.8 Å².